The zero-order valence-corrected chi connectivity index (χ0v) is 13.1. The van der Waals surface area contributed by atoms with Crippen molar-refractivity contribution in [2.75, 3.05) is 13.1 Å². The van der Waals surface area contributed by atoms with E-state index in [0.717, 1.165) is 12.1 Å². The first kappa shape index (κ1) is 17.2. The van der Waals surface area contributed by atoms with Gasteiger partial charge in [0.2, 0.25) is 5.91 Å². The molecule has 3 rings (SSSR count). The summed E-state index contributed by atoms with van der Waals surface area (Å²) >= 11 is 0. The van der Waals surface area contributed by atoms with Crippen molar-refractivity contribution in [3.63, 3.8) is 0 Å². The van der Waals surface area contributed by atoms with E-state index in [9.17, 15) is 28.2 Å². The second-order valence-electron chi connectivity index (χ2n) is 6.76. The molecule has 2 N–H and O–H groups in total. The van der Waals surface area contributed by atoms with Crippen LogP contribution in [0.4, 0.5) is 13.2 Å². The first-order chi connectivity index (χ1) is 11.2. The van der Waals surface area contributed by atoms with Gasteiger partial charge in [0.05, 0.1) is 24.2 Å². The van der Waals surface area contributed by atoms with Crippen LogP contribution in [-0.4, -0.2) is 46.3 Å². The molecule has 7 heteroatoms. The van der Waals surface area contributed by atoms with Crippen LogP contribution in [0.5, 0.6) is 0 Å². The highest BCUT2D eigenvalue weighted by Gasteiger charge is 2.55. The number of carbonyl (C=O) groups is 1. The van der Waals surface area contributed by atoms with E-state index >= 15 is 0 Å². The normalized spacial score (nSPS) is 26.3. The maximum atomic E-state index is 12.7. The van der Waals surface area contributed by atoms with Gasteiger partial charge in [0.25, 0.3) is 0 Å². The number of hydrogen-bond donors (Lipinski definition) is 2. The first-order valence-corrected chi connectivity index (χ1v) is 8.02. The van der Waals surface area contributed by atoms with Gasteiger partial charge in [-0.3, -0.25) is 4.79 Å². The molecule has 0 aromatic heterocycles. The van der Waals surface area contributed by atoms with Crippen LogP contribution in [-0.2, 0) is 17.4 Å². The van der Waals surface area contributed by atoms with Crippen molar-refractivity contribution in [3.8, 4) is 0 Å². The molecule has 24 heavy (non-hydrogen) atoms. The summed E-state index contributed by atoms with van der Waals surface area (Å²) < 4.78 is 38.2. The van der Waals surface area contributed by atoms with Gasteiger partial charge < -0.3 is 15.1 Å². The summed E-state index contributed by atoms with van der Waals surface area (Å²) in [4.78, 5) is 13.9. The number of hydrogen-bond acceptors (Lipinski definition) is 3. The van der Waals surface area contributed by atoms with Crippen molar-refractivity contribution in [1.29, 1.82) is 0 Å². The van der Waals surface area contributed by atoms with Crippen molar-refractivity contribution in [1.82, 2.24) is 4.90 Å². The van der Waals surface area contributed by atoms with Gasteiger partial charge in [-0.15, -0.1) is 0 Å². The van der Waals surface area contributed by atoms with Crippen molar-refractivity contribution in [2.45, 2.75) is 44.1 Å². The van der Waals surface area contributed by atoms with Crippen molar-refractivity contribution >= 4 is 5.91 Å². The summed E-state index contributed by atoms with van der Waals surface area (Å²) in [5.41, 5.74) is -0.933. The fourth-order valence-electron chi connectivity index (χ4n) is 3.73. The number of alkyl halides is 3. The number of likely N-dealkylation sites (tertiary alicyclic amines) is 1. The quantitative estimate of drug-likeness (QED) is 0.863. The van der Waals surface area contributed by atoms with Crippen molar-refractivity contribution in [3.05, 3.63) is 35.4 Å². The lowest BCUT2D eigenvalue weighted by atomic mass is 9.58. The number of rotatable bonds is 2. The zero-order chi connectivity index (χ0) is 17.5. The van der Waals surface area contributed by atoms with E-state index in [1.165, 1.54) is 12.1 Å². The summed E-state index contributed by atoms with van der Waals surface area (Å²) in [5, 5.41) is 19.8. The molecule has 132 valence electrons. The summed E-state index contributed by atoms with van der Waals surface area (Å²) in [6.07, 6.45) is -4.16. The second kappa shape index (κ2) is 6.04. The third-order valence-electron chi connectivity index (χ3n) is 5.43. The third-order valence-corrected chi connectivity index (χ3v) is 5.43. The standard InChI is InChI=1S/C17H20F3NO3/c18-17(19,20)12-3-1-2-11(8-12)9-15(24)21-6-4-16(5-7-21)13(22)10-14(16)23/h1-3,8,13-14,22-23H,4-7,9-10H2/t13-,14+. The minimum atomic E-state index is -4.42. The second-order valence-corrected chi connectivity index (χ2v) is 6.76. The van der Waals surface area contributed by atoms with Crippen LogP contribution in [0.3, 0.4) is 0 Å². The Morgan fingerprint density at radius 3 is 2.38 bits per heavy atom. The Morgan fingerprint density at radius 1 is 1.21 bits per heavy atom. The minimum absolute atomic E-state index is 0.0813. The predicted octanol–water partition coefficient (Wildman–Crippen LogP) is 1.98. The Bertz CT molecular complexity index is 614. The highest BCUT2D eigenvalue weighted by molar-refractivity contribution is 5.79. The predicted molar refractivity (Wildman–Crippen MR) is 80.0 cm³/mol. The average Bonchev–Trinajstić information content (AvgIpc) is 2.54. The van der Waals surface area contributed by atoms with Crippen LogP contribution in [0.15, 0.2) is 24.3 Å². The SMILES string of the molecule is O=C(Cc1cccc(C(F)(F)F)c1)N1CCC2(CC1)[C@H](O)C[C@@H]2O. The molecular weight excluding hydrogens is 323 g/mol. The van der Waals surface area contributed by atoms with Gasteiger partial charge >= 0.3 is 6.18 Å². The van der Waals surface area contributed by atoms with Crippen molar-refractivity contribution < 1.29 is 28.2 Å². The van der Waals surface area contributed by atoms with Crippen LogP contribution < -0.4 is 0 Å². The summed E-state index contributed by atoms with van der Waals surface area (Å²) in [6.45, 7) is 0.817. The summed E-state index contributed by atoms with van der Waals surface area (Å²) in [7, 11) is 0. The number of carbonyl (C=O) groups excluding carboxylic acids is 1. The maximum absolute atomic E-state index is 12.7. The lowest BCUT2D eigenvalue weighted by Crippen LogP contribution is -2.61. The number of amides is 1. The van der Waals surface area contributed by atoms with Gasteiger partial charge in [-0.2, -0.15) is 13.2 Å². The van der Waals surface area contributed by atoms with E-state index in [1.807, 2.05) is 0 Å². The van der Waals surface area contributed by atoms with Crippen LogP contribution in [0, 0.1) is 5.41 Å². The number of aliphatic hydroxyl groups is 2. The van der Waals surface area contributed by atoms with E-state index in [4.69, 9.17) is 0 Å². The molecule has 1 aliphatic carbocycles. The third kappa shape index (κ3) is 3.02. The average molecular weight is 343 g/mol. The molecule has 1 aliphatic heterocycles. The topological polar surface area (TPSA) is 60.8 Å². The number of halogens is 3. The number of benzene rings is 1. The molecule has 0 unspecified atom stereocenters. The molecule has 4 nitrogen and oxygen atoms in total. The molecular formula is C17H20F3NO3. The van der Waals surface area contributed by atoms with E-state index in [1.54, 1.807) is 4.90 Å². The zero-order valence-electron chi connectivity index (χ0n) is 13.1. The van der Waals surface area contributed by atoms with Gasteiger partial charge in [-0.1, -0.05) is 18.2 Å². The van der Waals surface area contributed by atoms with Gasteiger partial charge in [0, 0.05) is 24.9 Å². The molecule has 1 heterocycles. The molecule has 1 saturated carbocycles. The van der Waals surface area contributed by atoms with Gasteiger partial charge in [0.1, 0.15) is 0 Å². The Morgan fingerprint density at radius 2 is 1.83 bits per heavy atom. The maximum Gasteiger partial charge on any atom is 0.416 e. The van der Waals surface area contributed by atoms with Gasteiger partial charge in [0.15, 0.2) is 0 Å². The summed E-state index contributed by atoms with van der Waals surface area (Å²) in [6, 6.07) is 4.80. The molecule has 2 atom stereocenters. The van der Waals surface area contributed by atoms with Gasteiger partial charge in [-0.05, 0) is 24.5 Å². The highest BCUT2D eigenvalue weighted by atomic mass is 19.4. The first-order valence-electron chi connectivity index (χ1n) is 8.02. The van der Waals surface area contributed by atoms with Crippen LogP contribution >= 0.6 is 0 Å². The van der Waals surface area contributed by atoms with Gasteiger partial charge in [-0.25, -0.2) is 0 Å². The molecule has 1 saturated heterocycles. The Balaban J connectivity index is 1.61. The fraction of sp³-hybridized carbons (Fsp3) is 0.588. The van der Waals surface area contributed by atoms with E-state index in [-0.39, 0.29) is 12.3 Å². The van der Waals surface area contributed by atoms with Crippen LogP contribution in [0.2, 0.25) is 0 Å². The highest BCUT2D eigenvalue weighted by Crippen LogP contribution is 2.49. The van der Waals surface area contributed by atoms with E-state index in [2.05, 4.69) is 0 Å². The molecule has 2 fully saturated rings. The molecule has 0 bridgehead atoms. The molecule has 1 aromatic rings. The monoisotopic (exact) mass is 343 g/mol. The Hall–Kier alpha value is -1.60. The molecule has 2 aliphatic rings. The minimum Gasteiger partial charge on any atom is -0.392 e. The smallest absolute Gasteiger partial charge is 0.392 e. The lowest BCUT2D eigenvalue weighted by Gasteiger charge is -2.55. The van der Waals surface area contributed by atoms with Crippen LogP contribution in [0.25, 0.3) is 0 Å². The largest absolute Gasteiger partial charge is 0.416 e. The summed E-state index contributed by atoms with van der Waals surface area (Å²) in [5.74, 6) is -0.229. The van der Waals surface area contributed by atoms with Crippen LogP contribution in [0.1, 0.15) is 30.4 Å². The van der Waals surface area contributed by atoms with E-state index < -0.39 is 29.4 Å². The Labute approximate surface area is 137 Å². The lowest BCUT2D eigenvalue weighted by molar-refractivity contribution is -0.191. The molecule has 1 amide bonds. The molecule has 0 radical (unpaired) electrons. The number of aliphatic hydroxyl groups excluding tert-OH is 2. The Kier molecular flexibility index (Phi) is 4.34. The van der Waals surface area contributed by atoms with Crippen molar-refractivity contribution in [2.24, 2.45) is 5.41 Å². The number of nitrogens with zero attached hydrogens (tertiary/aromatic N) is 1. The van der Waals surface area contributed by atoms with E-state index in [0.29, 0.717) is 37.9 Å². The molecule has 1 spiro atoms. The molecule has 1 aromatic carbocycles. The number of piperidine rings is 1. The fourth-order valence-corrected chi connectivity index (χ4v) is 3.73.